The van der Waals surface area contributed by atoms with Crippen LogP contribution in [0.4, 0.5) is 0 Å². The van der Waals surface area contributed by atoms with Gasteiger partial charge in [-0.05, 0) is 55.7 Å². The number of thiophene rings is 1. The number of imidazole rings is 1. The summed E-state index contributed by atoms with van der Waals surface area (Å²) in [6, 6.07) is 11.8. The van der Waals surface area contributed by atoms with E-state index in [0.717, 1.165) is 33.8 Å². The Balaban J connectivity index is 1.73. The number of hydrogen-bond acceptors (Lipinski definition) is 4. The number of nitrogens with zero attached hydrogens (tertiary/aromatic N) is 3. The van der Waals surface area contributed by atoms with E-state index in [2.05, 4.69) is 22.6 Å². The molecule has 0 saturated carbocycles. The van der Waals surface area contributed by atoms with Crippen molar-refractivity contribution in [3.8, 4) is 11.4 Å². The van der Waals surface area contributed by atoms with Gasteiger partial charge in [-0.3, -0.25) is 9.47 Å². The summed E-state index contributed by atoms with van der Waals surface area (Å²) in [6.07, 6.45) is 3.99. The minimum Gasteiger partial charge on any atom is -0.497 e. The minimum atomic E-state index is 0.720. The lowest BCUT2D eigenvalue weighted by molar-refractivity contribution is 0.260. The zero-order chi connectivity index (χ0) is 17.1. The van der Waals surface area contributed by atoms with Gasteiger partial charge >= 0.3 is 0 Å². The Kier molecular flexibility index (Phi) is 5.40. The van der Waals surface area contributed by atoms with Gasteiger partial charge in [0.05, 0.1) is 18.1 Å². The Morgan fingerprint density at radius 1 is 1.17 bits per heavy atom. The number of rotatable bonds is 6. The zero-order valence-corrected chi connectivity index (χ0v) is 15.9. The third kappa shape index (κ3) is 3.89. The van der Waals surface area contributed by atoms with Crippen LogP contribution in [0, 0.1) is 4.77 Å². The van der Waals surface area contributed by atoms with Crippen molar-refractivity contribution in [1.29, 1.82) is 0 Å². The standard InChI is InChI=1S/C17H18ClN3OS2/c1-19(11-15-7-8-16(18)24-15)12-20-9-10-21(17(20)23)13-3-5-14(22-2)6-4-13/h3-10H,11-12H2,1-2H3. The average molecular weight is 380 g/mol. The topological polar surface area (TPSA) is 22.3 Å². The molecule has 4 nitrogen and oxygen atoms in total. The molecule has 0 aliphatic heterocycles. The highest BCUT2D eigenvalue weighted by atomic mass is 35.5. The Bertz CT molecular complexity index is 867. The first-order valence-electron chi connectivity index (χ1n) is 7.42. The van der Waals surface area contributed by atoms with Gasteiger partial charge in [-0.25, -0.2) is 0 Å². The second kappa shape index (κ2) is 7.53. The molecule has 0 aliphatic rings. The van der Waals surface area contributed by atoms with Crippen LogP contribution in [0.1, 0.15) is 4.88 Å². The van der Waals surface area contributed by atoms with Crippen molar-refractivity contribution in [3.05, 3.63) is 62.8 Å². The van der Waals surface area contributed by atoms with Crippen molar-refractivity contribution in [2.75, 3.05) is 14.2 Å². The number of ether oxygens (including phenoxy) is 1. The normalized spacial score (nSPS) is 11.2. The van der Waals surface area contributed by atoms with Crippen molar-refractivity contribution in [1.82, 2.24) is 14.0 Å². The molecule has 126 valence electrons. The van der Waals surface area contributed by atoms with E-state index in [1.807, 2.05) is 47.3 Å². The Morgan fingerprint density at radius 3 is 2.54 bits per heavy atom. The molecule has 0 spiro atoms. The molecule has 0 radical (unpaired) electrons. The summed E-state index contributed by atoms with van der Waals surface area (Å²) in [5, 5.41) is 0. The van der Waals surface area contributed by atoms with Crippen molar-refractivity contribution in [2.45, 2.75) is 13.2 Å². The highest BCUT2D eigenvalue weighted by Crippen LogP contribution is 2.22. The number of aromatic nitrogens is 2. The number of halogens is 1. The molecule has 1 aromatic carbocycles. The summed E-state index contributed by atoms with van der Waals surface area (Å²) in [6.45, 7) is 1.56. The van der Waals surface area contributed by atoms with Gasteiger partial charge in [0.15, 0.2) is 4.77 Å². The maximum absolute atomic E-state index is 5.99. The highest BCUT2D eigenvalue weighted by Gasteiger charge is 2.07. The smallest absolute Gasteiger partial charge is 0.185 e. The molecule has 7 heteroatoms. The van der Waals surface area contributed by atoms with Crippen LogP contribution in [-0.2, 0) is 13.2 Å². The fourth-order valence-corrected chi connectivity index (χ4v) is 3.93. The Hall–Kier alpha value is -1.60. The van der Waals surface area contributed by atoms with Gasteiger partial charge in [0.25, 0.3) is 0 Å². The number of benzene rings is 1. The van der Waals surface area contributed by atoms with E-state index in [-0.39, 0.29) is 0 Å². The lowest BCUT2D eigenvalue weighted by Crippen LogP contribution is -2.21. The third-order valence-corrected chi connectivity index (χ3v) is 5.29. The van der Waals surface area contributed by atoms with E-state index in [1.54, 1.807) is 18.4 Å². The van der Waals surface area contributed by atoms with Crippen LogP contribution in [0.25, 0.3) is 5.69 Å². The molecule has 24 heavy (non-hydrogen) atoms. The van der Waals surface area contributed by atoms with Crippen molar-refractivity contribution in [3.63, 3.8) is 0 Å². The molecule has 0 saturated heterocycles. The highest BCUT2D eigenvalue weighted by molar-refractivity contribution is 7.71. The van der Waals surface area contributed by atoms with Crippen LogP contribution in [0.3, 0.4) is 0 Å². The summed E-state index contributed by atoms with van der Waals surface area (Å²) in [4.78, 5) is 3.44. The quantitative estimate of drug-likeness (QED) is 0.573. The average Bonchev–Trinajstić information content (AvgIpc) is 3.14. The predicted molar refractivity (Wildman–Crippen MR) is 102 cm³/mol. The van der Waals surface area contributed by atoms with Crippen LogP contribution in [0.5, 0.6) is 5.75 Å². The van der Waals surface area contributed by atoms with E-state index >= 15 is 0 Å². The SMILES string of the molecule is COc1ccc(-n2ccn(CN(C)Cc3ccc(Cl)s3)c2=S)cc1. The summed E-state index contributed by atoms with van der Waals surface area (Å²) >= 11 is 13.2. The van der Waals surface area contributed by atoms with Crippen molar-refractivity contribution in [2.24, 2.45) is 0 Å². The first-order chi connectivity index (χ1) is 11.6. The molecular formula is C17H18ClN3OS2. The lowest BCUT2D eigenvalue weighted by Gasteiger charge is -2.16. The van der Waals surface area contributed by atoms with E-state index in [4.69, 9.17) is 28.6 Å². The monoisotopic (exact) mass is 379 g/mol. The third-order valence-electron chi connectivity index (χ3n) is 3.65. The molecule has 0 N–H and O–H groups in total. The fraction of sp³-hybridized carbons (Fsp3) is 0.235. The van der Waals surface area contributed by atoms with Crippen LogP contribution in [0.2, 0.25) is 4.34 Å². The molecule has 0 aliphatic carbocycles. The van der Waals surface area contributed by atoms with Gasteiger partial charge in [-0.1, -0.05) is 11.6 Å². The number of hydrogen-bond donors (Lipinski definition) is 0. The summed E-state index contributed by atoms with van der Waals surface area (Å²) < 4.78 is 10.8. The largest absolute Gasteiger partial charge is 0.497 e. The second-order valence-electron chi connectivity index (χ2n) is 5.48. The van der Waals surface area contributed by atoms with Gasteiger partial charge < -0.3 is 9.30 Å². The molecule has 3 aromatic rings. The van der Waals surface area contributed by atoms with Crippen LogP contribution in [-0.4, -0.2) is 28.2 Å². The summed E-state index contributed by atoms with van der Waals surface area (Å²) in [7, 11) is 3.73. The molecule has 2 aromatic heterocycles. The van der Waals surface area contributed by atoms with Crippen LogP contribution in [0.15, 0.2) is 48.8 Å². The maximum atomic E-state index is 5.99. The molecule has 0 fully saturated rings. The van der Waals surface area contributed by atoms with Gasteiger partial charge in [-0.2, -0.15) is 0 Å². The predicted octanol–water partition coefficient (Wildman–Crippen LogP) is 4.82. The second-order valence-corrected chi connectivity index (χ2v) is 7.64. The number of methoxy groups -OCH3 is 1. The van der Waals surface area contributed by atoms with E-state index in [9.17, 15) is 0 Å². The van der Waals surface area contributed by atoms with Gasteiger partial charge in [0, 0.05) is 29.5 Å². The Morgan fingerprint density at radius 2 is 1.92 bits per heavy atom. The van der Waals surface area contributed by atoms with E-state index in [1.165, 1.54) is 4.88 Å². The van der Waals surface area contributed by atoms with Crippen LogP contribution >= 0.6 is 35.2 Å². The van der Waals surface area contributed by atoms with E-state index < -0.39 is 0 Å². The molecular weight excluding hydrogens is 362 g/mol. The molecule has 3 rings (SSSR count). The van der Waals surface area contributed by atoms with Gasteiger partial charge in [0.2, 0.25) is 0 Å². The molecule has 0 atom stereocenters. The Labute approximate surface area is 155 Å². The molecule has 0 unspecified atom stereocenters. The summed E-state index contributed by atoms with van der Waals surface area (Å²) in [5.41, 5.74) is 1.02. The van der Waals surface area contributed by atoms with Crippen LogP contribution < -0.4 is 4.74 Å². The van der Waals surface area contributed by atoms with E-state index in [0.29, 0.717) is 0 Å². The van der Waals surface area contributed by atoms with Crippen molar-refractivity contribution < 1.29 is 4.74 Å². The van der Waals surface area contributed by atoms with Crippen molar-refractivity contribution >= 4 is 35.2 Å². The minimum absolute atomic E-state index is 0.720. The fourth-order valence-electron chi connectivity index (χ4n) is 2.47. The first kappa shape index (κ1) is 17.2. The molecule has 0 amide bonds. The lowest BCUT2D eigenvalue weighted by atomic mass is 10.3. The molecule has 2 heterocycles. The summed E-state index contributed by atoms with van der Waals surface area (Å²) in [5.74, 6) is 0.832. The zero-order valence-electron chi connectivity index (χ0n) is 13.5. The van der Waals surface area contributed by atoms with Gasteiger partial charge in [0.1, 0.15) is 5.75 Å². The molecule has 0 bridgehead atoms. The maximum Gasteiger partial charge on any atom is 0.185 e. The first-order valence-corrected chi connectivity index (χ1v) is 9.02. The van der Waals surface area contributed by atoms with Gasteiger partial charge in [-0.15, -0.1) is 11.3 Å².